The van der Waals surface area contributed by atoms with Crippen molar-refractivity contribution in [2.75, 3.05) is 26.7 Å². The molecule has 2 fully saturated rings. The lowest BCUT2D eigenvalue weighted by Gasteiger charge is -2.41. The number of aliphatic hydroxyl groups excluding tert-OH is 1. The van der Waals surface area contributed by atoms with Gasteiger partial charge in [-0.1, -0.05) is 19.3 Å². The normalized spacial score (nSPS) is 23.1. The Balaban J connectivity index is 1.39. The third kappa shape index (κ3) is 6.48. The minimum Gasteiger partial charge on any atom is -0.497 e. The number of benzene rings is 1. The molecule has 2 heterocycles. The SMILES string of the molecule is COc1ccc2nccc([C@@H](O)CCC3CCN(CC4CCCCC4)CC3CCC(=O)O)c2c1. The van der Waals surface area contributed by atoms with Crippen molar-refractivity contribution >= 4 is 16.9 Å². The van der Waals surface area contributed by atoms with Gasteiger partial charge in [-0.2, -0.15) is 0 Å². The van der Waals surface area contributed by atoms with Gasteiger partial charge in [-0.25, -0.2) is 0 Å². The van der Waals surface area contributed by atoms with Gasteiger partial charge in [0.1, 0.15) is 5.75 Å². The van der Waals surface area contributed by atoms with Gasteiger partial charge in [0, 0.05) is 31.1 Å². The standard InChI is InChI=1S/C28H40N2O4/c1-34-23-9-10-26-25(17-23)24(13-15-29-26)27(31)11-7-21-14-16-30(18-20-5-3-2-4-6-20)19-22(21)8-12-28(32)33/h9-10,13,15,17,20-22,27,31H,2-8,11-12,14,16,18-19H2,1H3,(H,32,33)/t21?,22?,27-/m0/s1. The first kappa shape index (κ1) is 24.9. The van der Waals surface area contributed by atoms with Crippen molar-refractivity contribution in [2.45, 2.75) is 70.3 Å². The monoisotopic (exact) mass is 468 g/mol. The first-order valence-corrected chi connectivity index (χ1v) is 13.1. The Bertz CT molecular complexity index is 943. The fraction of sp³-hybridized carbons (Fsp3) is 0.643. The molecule has 0 bridgehead atoms. The van der Waals surface area contributed by atoms with Gasteiger partial charge in [0.05, 0.1) is 18.7 Å². The number of pyridine rings is 1. The maximum Gasteiger partial charge on any atom is 0.303 e. The van der Waals surface area contributed by atoms with Crippen LogP contribution in [0.25, 0.3) is 10.9 Å². The highest BCUT2D eigenvalue weighted by Crippen LogP contribution is 2.36. The summed E-state index contributed by atoms with van der Waals surface area (Å²) in [5.74, 6) is 1.70. The van der Waals surface area contributed by atoms with E-state index >= 15 is 0 Å². The molecule has 2 aromatic rings. The molecule has 1 aliphatic heterocycles. The Morgan fingerprint density at radius 2 is 1.97 bits per heavy atom. The maximum atomic E-state index is 11.3. The molecule has 2 aliphatic rings. The number of carbonyl (C=O) groups is 1. The van der Waals surface area contributed by atoms with E-state index < -0.39 is 12.1 Å². The van der Waals surface area contributed by atoms with Crippen LogP contribution in [0, 0.1) is 17.8 Å². The van der Waals surface area contributed by atoms with E-state index in [0.717, 1.165) is 60.5 Å². The van der Waals surface area contributed by atoms with Crippen LogP contribution in [0.2, 0.25) is 0 Å². The quantitative estimate of drug-likeness (QED) is 0.483. The third-order valence-corrected chi connectivity index (χ3v) is 8.10. The fourth-order valence-corrected chi connectivity index (χ4v) is 6.16. The Kier molecular flexibility index (Phi) is 8.79. The van der Waals surface area contributed by atoms with Gasteiger partial charge in [-0.05, 0) is 92.7 Å². The van der Waals surface area contributed by atoms with E-state index in [4.69, 9.17) is 4.74 Å². The average Bonchev–Trinajstić information content (AvgIpc) is 2.86. The number of aliphatic carboxylic acids is 1. The van der Waals surface area contributed by atoms with Gasteiger partial charge in [0.25, 0.3) is 0 Å². The van der Waals surface area contributed by atoms with Crippen LogP contribution in [0.4, 0.5) is 0 Å². The lowest BCUT2D eigenvalue weighted by atomic mass is 9.78. The summed E-state index contributed by atoms with van der Waals surface area (Å²) in [6, 6.07) is 7.66. The first-order valence-electron chi connectivity index (χ1n) is 13.1. The number of aromatic nitrogens is 1. The maximum absolute atomic E-state index is 11.3. The predicted octanol–water partition coefficient (Wildman–Crippen LogP) is 5.44. The second-order valence-electron chi connectivity index (χ2n) is 10.4. The van der Waals surface area contributed by atoms with E-state index in [0.29, 0.717) is 18.3 Å². The van der Waals surface area contributed by atoms with Crippen molar-refractivity contribution in [3.05, 3.63) is 36.0 Å². The Hall–Kier alpha value is -2.18. The summed E-state index contributed by atoms with van der Waals surface area (Å²) in [5, 5.41) is 21.3. The number of hydrogen-bond acceptors (Lipinski definition) is 5. The van der Waals surface area contributed by atoms with Gasteiger partial charge in [-0.15, -0.1) is 0 Å². The minimum atomic E-state index is -0.708. The van der Waals surface area contributed by atoms with Crippen molar-refractivity contribution in [2.24, 2.45) is 17.8 Å². The van der Waals surface area contributed by atoms with Crippen LogP contribution in [0.15, 0.2) is 30.5 Å². The number of aliphatic hydroxyl groups is 1. The lowest BCUT2D eigenvalue weighted by molar-refractivity contribution is -0.137. The number of fused-ring (bicyclic) bond motifs is 1. The van der Waals surface area contributed by atoms with Gasteiger partial charge in [0.15, 0.2) is 0 Å². The first-order chi connectivity index (χ1) is 16.5. The summed E-state index contributed by atoms with van der Waals surface area (Å²) >= 11 is 0. The average molecular weight is 469 g/mol. The lowest BCUT2D eigenvalue weighted by Crippen LogP contribution is -2.43. The number of methoxy groups -OCH3 is 1. The van der Waals surface area contributed by atoms with Crippen molar-refractivity contribution in [3.8, 4) is 5.75 Å². The second-order valence-corrected chi connectivity index (χ2v) is 10.4. The molecule has 0 spiro atoms. The number of likely N-dealkylation sites (tertiary alicyclic amines) is 1. The fourth-order valence-electron chi connectivity index (χ4n) is 6.16. The number of piperidine rings is 1. The molecule has 1 saturated carbocycles. The van der Waals surface area contributed by atoms with Crippen LogP contribution in [0.1, 0.15) is 75.9 Å². The molecule has 1 aromatic carbocycles. The zero-order valence-corrected chi connectivity index (χ0v) is 20.5. The smallest absolute Gasteiger partial charge is 0.303 e. The summed E-state index contributed by atoms with van der Waals surface area (Å²) in [4.78, 5) is 18.3. The largest absolute Gasteiger partial charge is 0.497 e. The molecule has 1 aliphatic carbocycles. The van der Waals surface area contributed by atoms with E-state index in [1.54, 1.807) is 13.3 Å². The molecule has 186 valence electrons. The van der Waals surface area contributed by atoms with Crippen molar-refractivity contribution in [3.63, 3.8) is 0 Å². The Morgan fingerprint density at radius 3 is 2.74 bits per heavy atom. The Morgan fingerprint density at radius 1 is 1.15 bits per heavy atom. The van der Waals surface area contributed by atoms with E-state index in [-0.39, 0.29) is 6.42 Å². The number of carboxylic acid groups (broad SMARTS) is 1. The van der Waals surface area contributed by atoms with Crippen LogP contribution in [-0.4, -0.2) is 52.8 Å². The highest BCUT2D eigenvalue weighted by Gasteiger charge is 2.31. The van der Waals surface area contributed by atoms with Crippen LogP contribution in [-0.2, 0) is 4.79 Å². The predicted molar refractivity (Wildman–Crippen MR) is 134 cm³/mol. The second kappa shape index (κ2) is 12.0. The molecule has 0 radical (unpaired) electrons. The zero-order chi connectivity index (χ0) is 23.9. The van der Waals surface area contributed by atoms with Crippen LogP contribution >= 0.6 is 0 Å². The number of nitrogens with zero attached hydrogens (tertiary/aromatic N) is 2. The van der Waals surface area contributed by atoms with Gasteiger partial charge >= 0.3 is 5.97 Å². The van der Waals surface area contributed by atoms with Crippen LogP contribution in [0.5, 0.6) is 5.75 Å². The molecule has 6 heteroatoms. The van der Waals surface area contributed by atoms with Crippen LogP contribution in [0.3, 0.4) is 0 Å². The third-order valence-electron chi connectivity index (χ3n) is 8.10. The number of rotatable bonds is 10. The zero-order valence-electron chi connectivity index (χ0n) is 20.5. The molecule has 4 rings (SSSR count). The van der Waals surface area contributed by atoms with E-state index in [2.05, 4.69) is 9.88 Å². The molecule has 34 heavy (non-hydrogen) atoms. The molecule has 6 nitrogen and oxygen atoms in total. The Labute approximate surface area is 203 Å². The number of hydrogen-bond donors (Lipinski definition) is 2. The summed E-state index contributed by atoms with van der Waals surface area (Å²) in [7, 11) is 1.64. The van der Waals surface area contributed by atoms with E-state index in [9.17, 15) is 15.0 Å². The summed E-state index contributed by atoms with van der Waals surface area (Å²) in [6.07, 6.45) is 11.6. The highest BCUT2D eigenvalue weighted by atomic mass is 16.5. The molecular formula is C28H40N2O4. The van der Waals surface area contributed by atoms with Crippen LogP contribution < -0.4 is 4.74 Å². The topological polar surface area (TPSA) is 82.9 Å². The summed E-state index contributed by atoms with van der Waals surface area (Å²) < 4.78 is 5.37. The summed E-state index contributed by atoms with van der Waals surface area (Å²) in [6.45, 7) is 3.26. The van der Waals surface area contributed by atoms with E-state index in [1.807, 2.05) is 24.3 Å². The molecular weight excluding hydrogens is 428 g/mol. The van der Waals surface area contributed by atoms with Gasteiger partial charge in [-0.3, -0.25) is 9.78 Å². The van der Waals surface area contributed by atoms with Crippen molar-refractivity contribution in [1.29, 1.82) is 0 Å². The van der Waals surface area contributed by atoms with E-state index in [1.165, 1.54) is 38.6 Å². The van der Waals surface area contributed by atoms with Gasteiger partial charge in [0.2, 0.25) is 0 Å². The molecule has 0 amide bonds. The number of carboxylic acids is 1. The molecule has 3 atom stereocenters. The van der Waals surface area contributed by atoms with Gasteiger partial charge < -0.3 is 19.8 Å². The molecule has 1 saturated heterocycles. The molecule has 2 unspecified atom stereocenters. The highest BCUT2D eigenvalue weighted by molar-refractivity contribution is 5.83. The number of ether oxygens (including phenoxy) is 1. The van der Waals surface area contributed by atoms with Crippen molar-refractivity contribution in [1.82, 2.24) is 9.88 Å². The molecule has 2 N–H and O–H groups in total. The minimum absolute atomic E-state index is 0.232. The summed E-state index contributed by atoms with van der Waals surface area (Å²) in [5.41, 5.74) is 1.74. The van der Waals surface area contributed by atoms with Crippen molar-refractivity contribution < 1.29 is 19.7 Å². The molecule has 1 aromatic heterocycles.